The van der Waals surface area contributed by atoms with Gasteiger partial charge in [0.1, 0.15) is 21.4 Å². The molecule has 0 bridgehead atoms. The molecule has 1 fully saturated rings. The molecule has 3 aromatic heterocycles. The topological polar surface area (TPSA) is 81.4 Å². The molecule has 1 aliphatic heterocycles. The first-order valence-electron chi connectivity index (χ1n) is 11.4. The molecule has 174 valence electrons. The number of oxazole rings is 1. The summed E-state index contributed by atoms with van der Waals surface area (Å²) in [5, 5.41) is 0.767. The Kier molecular flexibility index (Phi) is 6.40. The number of pyridine rings is 1. The third kappa shape index (κ3) is 4.59. The fourth-order valence-electron chi connectivity index (χ4n) is 4.33. The van der Waals surface area contributed by atoms with Crippen LogP contribution in [0.4, 0.5) is 0 Å². The Morgan fingerprint density at radius 1 is 1.21 bits per heavy atom. The number of amides is 1. The molecular formula is C26H26N4O3S. The summed E-state index contributed by atoms with van der Waals surface area (Å²) >= 11 is 1.40. The second-order valence-corrected chi connectivity index (χ2v) is 9.39. The van der Waals surface area contributed by atoms with E-state index in [1.807, 2.05) is 54.3 Å². The first-order chi connectivity index (χ1) is 16.6. The van der Waals surface area contributed by atoms with Gasteiger partial charge in [-0.05, 0) is 38.0 Å². The van der Waals surface area contributed by atoms with E-state index in [-0.39, 0.29) is 11.8 Å². The molecule has 4 heterocycles. The average molecular weight is 475 g/mol. The number of nitrogens with zero attached hydrogens (tertiary/aromatic N) is 4. The van der Waals surface area contributed by atoms with Crippen LogP contribution in [0, 0.1) is 6.92 Å². The van der Waals surface area contributed by atoms with Crippen molar-refractivity contribution in [3.05, 3.63) is 82.6 Å². The van der Waals surface area contributed by atoms with E-state index in [4.69, 9.17) is 9.15 Å². The van der Waals surface area contributed by atoms with Gasteiger partial charge in [0.05, 0.1) is 30.6 Å². The molecular weight excluding hydrogens is 448 g/mol. The first-order valence-corrected chi connectivity index (χ1v) is 12.2. The van der Waals surface area contributed by atoms with Crippen LogP contribution in [-0.2, 0) is 6.42 Å². The summed E-state index contributed by atoms with van der Waals surface area (Å²) < 4.78 is 11.6. The highest BCUT2D eigenvalue weighted by atomic mass is 32.1. The van der Waals surface area contributed by atoms with Crippen LogP contribution in [0.5, 0.6) is 5.75 Å². The molecule has 0 unspecified atom stereocenters. The van der Waals surface area contributed by atoms with Crippen LogP contribution in [0.15, 0.2) is 59.3 Å². The number of ether oxygens (including phenoxy) is 1. The molecule has 1 aliphatic rings. The number of methoxy groups -OCH3 is 1. The third-order valence-corrected chi connectivity index (χ3v) is 7.23. The minimum Gasteiger partial charge on any atom is -0.496 e. The lowest BCUT2D eigenvalue weighted by molar-refractivity contribution is 0.0702. The Morgan fingerprint density at radius 2 is 2.06 bits per heavy atom. The monoisotopic (exact) mass is 474 g/mol. The molecule has 0 spiro atoms. The van der Waals surface area contributed by atoms with E-state index in [9.17, 15) is 4.79 Å². The molecule has 1 amide bonds. The summed E-state index contributed by atoms with van der Waals surface area (Å²) in [6.45, 7) is 3.19. The number of aryl methyl sites for hydroxylation is 1. The van der Waals surface area contributed by atoms with E-state index in [1.54, 1.807) is 19.5 Å². The number of carbonyl (C=O) groups is 1. The van der Waals surface area contributed by atoms with Gasteiger partial charge in [0.25, 0.3) is 5.91 Å². The maximum Gasteiger partial charge on any atom is 0.265 e. The Hall–Kier alpha value is -3.52. The zero-order valence-electron chi connectivity index (χ0n) is 19.2. The van der Waals surface area contributed by atoms with Crippen molar-refractivity contribution < 1.29 is 13.9 Å². The summed E-state index contributed by atoms with van der Waals surface area (Å²) in [6, 6.07) is 13.6. The van der Waals surface area contributed by atoms with Gasteiger partial charge >= 0.3 is 0 Å². The van der Waals surface area contributed by atoms with Crippen molar-refractivity contribution in [1.29, 1.82) is 0 Å². The highest BCUT2D eigenvalue weighted by molar-refractivity contribution is 7.17. The zero-order chi connectivity index (χ0) is 23.5. The fourth-order valence-corrected chi connectivity index (χ4v) is 5.34. The number of rotatable bonds is 6. The molecule has 1 saturated heterocycles. The number of piperidine rings is 1. The van der Waals surface area contributed by atoms with Crippen molar-refractivity contribution >= 4 is 17.2 Å². The van der Waals surface area contributed by atoms with E-state index in [1.165, 1.54) is 11.3 Å². The number of aromatic nitrogens is 3. The molecule has 4 aromatic rings. The molecule has 7 nitrogen and oxygen atoms in total. The summed E-state index contributed by atoms with van der Waals surface area (Å²) in [6.07, 6.45) is 5.99. The van der Waals surface area contributed by atoms with Gasteiger partial charge in [-0.3, -0.25) is 9.78 Å². The van der Waals surface area contributed by atoms with E-state index < -0.39 is 0 Å². The number of carbonyl (C=O) groups excluding carboxylic acids is 1. The average Bonchev–Trinajstić information content (AvgIpc) is 3.51. The largest absolute Gasteiger partial charge is 0.496 e. The summed E-state index contributed by atoms with van der Waals surface area (Å²) in [5.74, 6) is 2.41. The molecule has 1 atom stereocenters. The van der Waals surface area contributed by atoms with Gasteiger partial charge in [-0.2, -0.15) is 0 Å². The molecule has 0 aliphatic carbocycles. The van der Waals surface area contributed by atoms with Crippen LogP contribution in [0.1, 0.15) is 51.3 Å². The lowest BCUT2D eigenvalue weighted by Crippen LogP contribution is -2.39. The van der Waals surface area contributed by atoms with E-state index in [0.29, 0.717) is 23.7 Å². The third-order valence-electron chi connectivity index (χ3n) is 6.06. The molecule has 8 heteroatoms. The Labute approximate surface area is 202 Å². The van der Waals surface area contributed by atoms with Crippen LogP contribution in [0.25, 0.3) is 10.7 Å². The second kappa shape index (κ2) is 9.77. The van der Waals surface area contributed by atoms with Crippen molar-refractivity contribution in [2.45, 2.75) is 32.1 Å². The molecule has 0 radical (unpaired) electrons. The molecule has 34 heavy (non-hydrogen) atoms. The van der Waals surface area contributed by atoms with Crippen LogP contribution in [0.2, 0.25) is 0 Å². The minimum atomic E-state index is 0.0164. The summed E-state index contributed by atoms with van der Waals surface area (Å²) in [5.41, 5.74) is 2.58. The van der Waals surface area contributed by atoms with Crippen LogP contribution in [-0.4, -0.2) is 46.0 Å². The predicted molar refractivity (Wildman–Crippen MR) is 130 cm³/mol. The van der Waals surface area contributed by atoms with Crippen LogP contribution in [0.3, 0.4) is 0 Å². The minimum absolute atomic E-state index is 0.0164. The Bertz CT molecular complexity index is 1280. The SMILES string of the molecule is COc1ccccc1Cc1cnc([C@H]2CCCN(C(=O)c3sc(-c4ccccn4)nc3C)C2)o1. The Morgan fingerprint density at radius 3 is 2.88 bits per heavy atom. The second-order valence-electron chi connectivity index (χ2n) is 8.39. The number of hydrogen-bond acceptors (Lipinski definition) is 7. The lowest BCUT2D eigenvalue weighted by Gasteiger charge is -2.31. The number of para-hydroxylation sites is 1. The van der Waals surface area contributed by atoms with E-state index >= 15 is 0 Å². The maximum absolute atomic E-state index is 13.4. The first kappa shape index (κ1) is 22.3. The van der Waals surface area contributed by atoms with Crippen LogP contribution >= 0.6 is 11.3 Å². The number of likely N-dealkylation sites (tertiary alicyclic amines) is 1. The van der Waals surface area contributed by atoms with Crippen molar-refractivity contribution in [2.24, 2.45) is 0 Å². The fraction of sp³-hybridized carbons (Fsp3) is 0.308. The molecule has 1 aromatic carbocycles. The summed E-state index contributed by atoms with van der Waals surface area (Å²) in [7, 11) is 1.67. The number of hydrogen-bond donors (Lipinski definition) is 0. The van der Waals surface area contributed by atoms with Gasteiger partial charge in [0.15, 0.2) is 5.89 Å². The lowest BCUT2D eigenvalue weighted by atomic mass is 9.98. The van der Waals surface area contributed by atoms with E-state index in [2.05, 4.69) is 15.0 Å². The highest BCUT2D eigenvalue weighted by Gasteiger charge is 2.30. The van der Waals surface area contributed by atoms with Crippen LogP contribution < -0.4 is 4.74 Å². The quantitative estimate of drug-likeness (QED) is 0.386. The van der Waals surface area contributed by atoms with E-state index in [0.717, 1.165) is 52.9 Å². The van der Waals surface area contributed by atoms with Crippen molar-refractivity contribution in [3.63, 3.8) is 0 Å². The standard InChI is InChI=1S/C26H26N4O3S/c1-17-23(34-25(29-17)21-10-5-6-12-27-21)26(31)30-13-7-9-19(16-30)24-28-15-20(33-24)14-18-8-3-4-11-22(18)32-2/h3-6,8,10-12,15,19H,7,9,13-14,16H2,1-2H3/t19-/m0/s1. The van der Waals surface area contributed by atoms with Gasteiger partial charge < -0.3 is 14.1 Å². The molecule has 0 N–H and O–H groups in total. The number of benzene rings is 1. The molecule has 0 saturated carbocycles. The summed E-state index contributed by atoms with van der Waals surface area (Å²) in [4.78, 5) is 29.5. The predicted octanol–water partition coefficient (Wildman–Crippen LogP) is 5.12. The van der Waals surface area contributed by atoms with Crippen molar-refractivity contribution in [1.82, 2.24) is 19.9 Å². The van der Waals surface area contributed by atoms with Gasteiger partial charge in [-0.1, -0.05) is 24.3 Å². The maximum atomic E-state index is 13.4. The highest BCUT2D eigenvalue weighted by Crippen LogP contribution is 2.32. The Balaban J connectivity index is 1.29. The number of thiazole rings is 1. The van der Waals surface area contributed by atoms with Crippen molar-refractivity contribution in [3.8, 4) is 16.5 Å². The van der Waals surface area contributed by atoms with Gasteiger partial charge in [-0.25, -0.2) is 9.97 Å². The normalized spacial score (nSPS) is 15.9. The van der Waals surface area contributed by atoms with Gasteiger partial charge in [-0.15, -0.1) is 11.3 Å². The smallest absolute Gasteiger partial charge is 0.265 e. The van der Waals surface area contributed by atoms with Gasteiger partial charge in [0, 0.05) is 31.3 Å². The zero-order valence-corrected chi connectivity index (χ0v) is 20.0. The van der Waals surface area contributed by atoms with Crippen molar-refractivity contribution in [2.75, 3.05) is 20.2 Å². The molecule has 5 rings (SSSR count). The van der Waals surface area contributed by atoms with Gasteiger partial charge in [0.2, 0.25) is 0 Å².